The molecule has 0 aromatic heterocycles. The third kappa shape index (κ3) is 3.62. The van der Waals surface area contributed by atoms with Crippen molar-refractivity contribution in [1.29, 1.82) is 0 Å². The zero-order chi connectivity index (χ0) is 14.0. The lowest BCUT2D eigenvalue weighted by Gasteiger charge is -2.33. The molecule has 1 aromatic rings. The molecule has 0 radical (unpaired) electrons. The molecule has 2 nitrogen and oxygen atoms in total. The zero-order valence-corrected chi connectivity index (χ0v) is 10.9. The van der Waals surface area contributed by atoms with Crippen molar-refractivity contribution in [2.75, 3.05) is 13.6 Å². The summed E-state index contributed by atoms with van der Waals surface area (Å²) in [7, 11) is 1.72. The van der Waals surface area contributed by atoms with Crippen LogP contribution in [-0.4, -0.2) is 29.8 Å². The summed E-state index contributed by atoms with van der Waals surface area (Å²) >= 11 is 0. The van der Waals surface area contributed by atoms with Crippen molar-refractivity contribution in [2.24, 2.45) is 0 Å². The van der Waals surface area contributed by atoms with E-state index in [1.165, 1.54) is 0 Å². The number of halogens is 3. The molecule has 0 fully saturated rings. The topological polar surface area (TPSA) is 23.5 Å². The number of nitrogens with zero attached hydrogens (tertiary/aromatic N) is 1. The third-order valence-corrected chi connectivity index (χ3v) is 3.69. The molecule has 0 saturated heterocycles. The van der Waals surface area contributed by atoms with Gasteiger partial charge in [-0.15, -0.1) is 0 Å². The molecule has 0 amide bonds. The van der Waals surface area contributed by atoms with Gasteiger partial charge in [-0.3, -0.25) is 4.90 Å². The predicted molar refractivity (Wildman–Crippen MR) is 67.1 cm³/mol. The number of phenols is 1. The minimum absolute atomic E-state index is 0.0107. The van der Waals surface area contributed by atoms with Gasteiger partial charge < -0.3 is 5.11 Å². The summed E-state index contributed by atoms with van der Waals surface area (Å²) in [6, 6.07) is 5.16. The van der Waals surface area contributed by atoms with E-state index in [0.29, 0.717) is 0 Å². The largest absolute Gasteiger partial charge is 0.508 e. The van der Waals surface area contributed by atoms with Crippen molar-refractivity contribution in [3.05, 3.63) is 29.3 Å². The second-order valence-electron chi connectivity index (χ2n) is 5.14. The van der Waals surface area contributed by atoms with Crippen molar-refractivity contribution in [3.8, 4) is 5.75 Å². The molecule has 0 aliphatic heterocycles. The number of hydrogen-bond donors (Lipinski definition) is 1. The van der Waals surface area contributed by atoms with Crippen LogP contribution in [0.1, 0.15) is 36.4 Å². The first-order valence-electron chi connectivity index (χ1n) is 6.45. The summed E-state index contributed by atoms with van der Waals surface area (Å²) in [5, 5.41) is 9.55. The van der Waals surface area contributed by atoms with Gasteiger partial charge in [0.25, 0.3) is 0 Å². The van der Waals surface area contributed by atoms with Gasteiger partial charge in [-0.1, -0.05) is 6.07 Å². The molecule has 1 unspecified atom stereocenters. The lowest BCUT2D eigenvalue weighted by molar-refractivity contribution is -0.138. The third-order valence-electron chi connectivity index (χ3n) is 3.69. The van der Waals surface area contributed by atoms with Gasteiger partial charge in [0.15, 0.2) is 0 Å². The first-order chi connectivity index (χ1) is 8.87. The number of benzene rings is 1. The Kier molecular flexibility index (Phi) is 4.04. The lowest BCUT2D eigenvalue weighted by Crippen LogP contribution is -2.31. The fourth-order valence-corrected chi connectivity index (χ4v) is 2.68. The Hall–Kier alpha value is -1.23. The number of aromatic hydroxyl groups is 1. The van der Waals surface area contributed by atoms with Crippen LogP contribution in [0.5, 0.6) is 5.75 Å². The molecular weight excluding hydrogens is 255 g/mol. The number of rotatable bonds is 3. The molecule has 5 heteroatoms. The number of hydrogen-bond acceptors (Lipinski definition) is 2. The maximum atomic E-state index is 12.3. The zero-order valence-electron chi connectivity index (χ0n) is 10.9. The summed E-state index contributed by atoms with van der Waals surface area (Å²) in [6.07, 6.45) is -2.18. The normalized spacial score (nSPS) is 19.5. The van der Waals surface area contributed by atoms with E-state index in [1.807, 2.05) is 6.07 Å². The van der Waals surface area contributed by atoms with Gasteiger partial charge in [0, 0.05) is 12.6 Å². The molecule has 1 atom stereocenters. The Balaban J connectivity index is 2.12. The van der Waals surface area contributed by atoms with Crippen LogP contribution in [0.25, 0.3) is 0 Å². The van der Waals surface area contributed by atoms with Crippen LogP contribution >= 0.6 is 0 Å². The summed E-state index contributed by atoms with van der Waals surface area (Å²) in [5.41, 5.74) is 2.10. The van der Waals surface area contributed by atoms with Crippen LogP contribution in [0, 0.1) is 0 Å². The van der Waals surface area contributed by atoms with Crippen molar-refractivity contribution < 1.29 is 18.3 Å². The molecule has 1 aliphatic rings. The summed E-state index contributed by atoms with van der Waals surface area (Å²) in [5.74, 6) is 0.176. The number of aryl methyl sites for hydroxylation is 1. The average molecular weight is 273 g/mol. The molecule has 1 aromatic carbocycles. The fraction of sp³-hybridized carbons (Fsp3) is 0.571. The minimum atomic E-state index is -4.12. The van der Waals surface area contributed by atoms with Gasteiger partial charge in [-0.05, 0) is 49.6 Å². The van der Waals surface area contributed by atoms with E-state index < -0.39 is 12.6 Å². The molecule has 19 heavy (non-hydrogen) atoms. The quantitative estimate of drug-likeness (QED) is 0.908. The van der Waals surface area contributed by atoms with Crippen molar-refractivity contribution >= 4 is 0 Å². The van der Waals surface area contributed by atoms with Crippen molar-refractivity contribution in [2.45, 2.75) is 37.9 Å². The maximum Gasteiger partial charge on any atom is 0.390 e. The molecule has 1 N–H and O–H groups in total. The van der Waals surface area contributed by atoms with Gasteiger partial charge in [0.05, 0.1) is 6.42 Å². The smallest absolute Gasteiger partial charge is 0.390 e. The second-order valence-corrected chi connectivity index (χ2v) is 5.14. The summed E-state index contributed by atoms with van der Waals surface area (Å²) < 4.78 is 36.8. The molecule has 0 spiro atoms. The molecular formula is C14H18F3NO. The van der Waals surface area contributed by atoms with Gasteiger partial charge in [0.1, 0.15) is 5.75 Å². The SMILES string of the molecule is CN(CCC(F)(F)F)C1CCCc2ccc(O)cc21. The summed E-state index contributed by atoms with van der Waals surface area (Å²) in [6.45, 7) is -0.0107. The minimum Gasteiger partial charge on any atom is -0.508 e. The van der Waals surface area contributed by atoms with Crippen LogP contribution in [0.3, 0.4) is 0 Å². The Labute approximate surface area is 110 Å². The van der Waals surface area contributed by atoms with Gasteiger partial charge >= 0.3 is 6.18 Å². The predicted octanol–water partition coefficient (Wildman–Crippen LogP) is 3.65. The average Bonchev–Trinajstić information content (AvgIpc) is 2.34. The Morgan fingerprint density at radius 2 is 2.11 bits per heavy atom. The van der Waals surface area contributed by atoms with E-state index in [1.54, 1.807) is 24.1 Å². The van der Waals surface area contributed by atoms with Crippen molar-refractivity contribution in [1.82, 2.24) is 4.90 Å². The highest BCUT2D eigenvalue weighted by Crippen LogP contribution is 2.36. The maximum absolute atomic E-state index is 12.3. The van der Waals surface area contributed by atoms with E-state index in [4.69, 9.17) is 0 Å². The highest BCUT2D eigenvalue weighted by Gasteiger charge is 2.30. The van der Waals surface area contributed by atoms with Crippen LogP contribution in [0.15, 0.2) is 18.2 Å². The van der Waals surface area contributed by atoms with Crippen LogP contribution in [0.2, 0.25) is 0 Å². The molecule has 0 heterocycles. The Morgan fingerprint density at radius 1 is 1.37 bits per heavy atom. The first kappa shape index (κ1) is 14.2. The highest BCUT2D eigenvalue weighted by molar-refractivity contribution is 5.38. The fourth-order valence-electron chi connectivity index (χ4n) is 2.68. The van der Waals surface area contributed by atoms with Crippen LogP contribution in [-0.2, 0) is 6.42 Å². The van der Waals surface area contributed by atoms with E-state index in [-0.39, 0.29) is 18.3 Å². The molecule has 106 valence electrons. The van der Waals surface area contributed by atoms with E-state index >= 15 is 0 Å². The van der Waals surface area contributed by atoms with E-state index in [9.17, 15) is 18.3 Å². The van der Waals surface area contributed by atoms with E-state index in [0.717, 1.165) is 30.4 Å². The highest BCUT2D eigenvalue weighted by atomic mass is 19.4. The lowest BCUT2D eigenvalue weighted by atomic mass is 9.86. The summed E-state index contributed by atoms with van der Waals surface area (Å²) in [4.78, 5) is 1.74. The van der Waals surface area contributed by atoms with E-state index in [2.05, 4.69) is 0 Å². The monoisotopic (exact) mass is 273 g/mol. The molecule has 0 saturated carbocycles. The Morgan fingerprint density at radius 3 is 2.79 bits per heavy atom. The number of alkyl halides is 3. The van der Waals surface area contributed by atoms with Gasteiger partial charge in [-0.2, -0.15) is 13.2 Å². The molecule has 0 bridgehead atoms. The van der Waals surface area contributed by atoms with Crippen LogP contribution < -0.4 is 0 Å². The number of fused-ring (bicyclic) bond motifs is 1. The Bertz CT molecular complexity index is 445. The number of phenolic OH excluding ortho intramolecular Hbond substituents is 1. The van der Waals surface area contributed by atoms with Crippen molar-refractivity contribution in [3.63, 3.8) is 0 Å². The molecule has 1 aliphatic carbocycles. The standard InChI is InChI=1S/C14H18F3NO/c1-18(8-7-14(15,16)17)13-4-2-3-10-5-6-11(19)9-12(10)13/h5-6,9,13,19H,2-4,7-8H2,1H3. The second kappa shape index (κ2) is 5.41. The molecule has 2 rings (SSSR count). The van der Waals surface area contributed by atoms with Gasteiger partial charge in [-0.25, -0.2) is 0 Å². The first-order valence-corrected chi connectivity index (χ1v) is 6.45. The van der Waals surface area contributed by atoms with Crippen LogP contribution in [0.4, 0.5) is 13.2 Å². The van der Waals surface area contributed by atoms with Gasteiger partial charge in [0.2, 0.25) is 0 Å².